The van der Waals surface area contributed by atoms with E-state index >= 15 is 0 Å². The smallest absolute Gasteiger partial charge is 0.290 e. The fraction of sp³-hybridized carbons (Fsp3) is 0.308. The van der Waals surface area contributed by atoms with Crippen molar-refractivity contribution in [2.75, 3.05) is 41.6 Å². The molecule has 1 unspecified atom stereocenters. The predicted molar refractivity (Wildman–Crippen MR) is 127 cm³/mol. The number of ether oxygens (including phenoxy) is 4. The number of benzene rings is 2. The lowest BCUT2D eigenvalue weighted by Crippen LogP contribution is -2.32. The van der Waals surface area contributed by atoms with E-state index in [1.807, 2.05) is 30.3 Å². The zero-order chi connectivity index (χ0) is 24.7. The van der Waals surface area contributed by atoms with Crippen LogP contribution in [0, 0.1) is 0 Å². The molecule has 1 heterocycles. The lowest BCUT2D eigenvalue weighted by atomic mass is 9.94. The monoisotopic (exact) mass is 467 g/mol. The van der Waals surface area contributed by atoms with Gasteiger partial charge in [0.1, 0.15) is 0 Å². The first-order chi connectivity index (χ1) is 16.5. The van der Waals surface area contributed by atoms with Crippen LogP contribution in [0.2, 0.25) is 0 Å². The van der Waals surface area contributed by atoms with Crippen molar-refractivity contribution in [2.24, 2.45) is 0 Å². The van der Waals surface area contributed by atoms with E-state index in [0.29, 0.717) is 35.8 Å². The first kappa shape index (κ1) is 24.9. The molecule has 0 spiro atoms. The number of rotatable bonds is 11. The van der Waals surface area contributed by atoms with Crippen LogP contribution in [-0.2, 0) is 14.3 Å². The fourth-order valence-electron chi connectivity index (χ4n) is 3.95. The van der Waals surface area contributed by atoms with Crippen LogP contribution in [0.5, 0.6) is 17.2 Å². The van der Waals surface area contributed by atoms with Crippen molar-refractivity contribution >= 4 is 17.8 Å². The SMILES string of the molecule is COCCCN1C(=O)C(O)=C(C(=O)C=Cc2ccccc2)C1c1cc(OC)c(OC)c(OC)c1. The van der Waals surface area contributed by atoms with Crippen LogP contribution in [0.1, 0.15) is 23.6 Å². The van der Waals surface area contributed by atoms with Gasteiger partial charge in [-0.1, -0.05) is 36.4 Å². The summed E-state index contributed by atoms with van der Waals surface area (Å²) in [7, 11) is 6.03. The van der Waals surface area contributed by atoms with Gasteiger partial charge in [0.15, 0.2) is 23.0 Å². The lowest BCUT2D eigenvalue weighted by molar-refractivity contribution is -0.129. The third-order valence-electron chi connectivity index (χ3n) is 5.55. The fourth-order valence-corrected chi connectivity index (χ4v) is 3.95. The highest BCUT2D eigenvalue weighted by Gasteiger charge is 2.43. The van der Waals surface area contributed by atoms with Gasteiger partial charge in [0.2, 0.25) is 5.75 Å². The van der Waals surface area contributed by atoms with Gasteiger partial charge in [-0.05, 0) is 35.8 Å². The van der Waals surface area contributed by atoms with Gasteiger partial charge in [0.05, 0.1) is 32.9 Å². The maximum atomic E-state index is 13.3. The second-order valence-corrected chi connectivity index (χ2v) is 7.58. The largest absolute Gasteiger partial charge is 0.503 e. The van der Waals surface area contributed by atoms with Crippen molar-refractivity contribution in [3.8, 4) is 17.2 Å². The van der Waals surface area contributed by atoms with Gasteiger partial charge in [-0.15, -0.1) is 0 Å². The number of aliphatic hydroxyl groups is 1. The number of hydrogen-bond acceptors (Lipinski definition) is 7. The highest BCUT2D eigenvalue weighted by atomic mass is 16.5. The molecule has 8 nitrogen and oxygen atoms in total. The van der Waals surface area contributed by atoms with E-state index in [0.717, 1.165) is 5.56 Å². The molecular formula is C26H29NO7. The molecule has 0 saturated carbocycles. The van der Waals surface area contributed by atoms with E-state index < -0.39 is 23.5 Å². The zero-order valence-electron chi connectivity index (χ0n) is 19.7. The summed E-state index contributed by atoms with van der Waals surface area (Å²) in [5.74, 6) is -0.528. The van der Waals surface area contributed by atoms with Gasteiger partial charge >= 0.3 is 0 Å². The molecule has 0 aliphatic carbocycles. The summed E-state index contributed by atoms with van der Waals surface area (Å²) in [6.45, 7) is 0.695. The molecule has 0 aromatic heterocycles. The first-order valence-corrected chi connectivity index (χ1v) is 10.8. The number of carbonyl (C=O) groups is 2. The number of nitrogens with zero attached hydrogens (tertiary/aromatic N) is 1. The third kappa shape index (κ3) is 5.07. The second-order valence-electron chi connectivity index (χ2n) is 7.58. The Kier molecular flexibility index (Phi) is 8.32. The Bertz CT molecular complexity index is 1070. The molecular weight excluding hydrogens is 438 g/mol. The predicted octanol–water partition coefficient (Wildman–Crippen LogP) is 3.73. The number of hydrogen-bond donors (Lipinski definition) is 1. The molecule has 0 saturated heterocycles. The summed E-state index contributed by atoms with van der Waals surface area (Å²) in [5.41, 5.74) is 1.35. The molecule has 1 aliphatic heterocycles. The van der Waals surface area contributed by atoms with Crippen molar-refractivity contribution in [2.45, 2.75) is 12.5 Å². The van der Waals surface area contributed by atoms with Gasteiger partial charge in [0, 0.05) is 20.3 Å². The minimum Gasteiger partial charge on any atom is -0.503 e. The molecule has 1 aliphatic rings. The molecule has 0 bridgehead atoms. The van der Waals surface area contributed by atoms with Crippen LogP contribution in [0.25, 0.3) is 6.08 Å². The van der Waals surface area contributed by atoms with Gasteiger partial charge in [-0.3, -0.25) is 9.59 Å². The number of carbonyl (C=O) groups excluding carboxylic acids is 2. The molecule has 180 valence electrons. The minimum absolute atomic E-state index is 0.0103. The van der Waals surface area contributed by atoms with Crippen LogP contribution in [0.15, 0.2) is 59.9 Å². The van der Waals surface area contributed by atoms with Gasteiger partial charge < -0.3 is 29.0 Å². The van der Waals surface area contributed by atoms with Crippen molar-refractivity contribution in [1.29, 1.82) is 0 Å². The number of aliphatic hydroxyl groups excluding tert-OH is 1. The molecule has 3 rings (SSSR count). The molecule has 1 N–H and O–H groups in total. The van der Waals surface area contributed by atoms with Crippen LogP contribution in [-0.4, -0.2) is 63.3 Å². The maximum absolute atomic E-state index is 13.3. The van der Waals surface area contributed by atoms with Crippen molar-refractivity contribution in [3.63, 3.8) is 0 Å². The Labute approximate surface area is 199 Å². The molecule has 1 amide bonds. The summed E-state index contributed by atoms with van der Waals surface area (Å²) in [6, 6.07) is 11.8. The zero-order valence-corrected chi connectivity index (χ0v) is 19.7. The van der Waals surface area contributed by atoms with E-state index in [1.54, 1.807) is 25.3 Å². The van der Waals surface area contributed by atoms with E-state index in [1.165, 1.54) is 32.3 Å². The van der Waals surface area contributed by atoms with Crippen LogP contribution in [0.4, 0.5) is 0 Å². The topological polar surface area (TPSA) is 94.5 Å². The van der Waals surface area contributed by atoms with Crippen molar-refractivity contribution < 1.29 is 33.6 Å². The highest BCUT2D eigenvalue weighted by Crippen LogP contribution is 2.45. The number of methoxy groups -OCH3 is 4. The van der Waals surface area contributed by atoms with E-state index in [9.17, 15) is 14.7 Å². The average molecular weight is 468 g/mol. The summed E-state index contributed by atoms with van der Waals surface area (Å²) < 4.78 is 21.4. The number of allylic oxidation sites excluding steroid dienone is 1. The van der Waals surface area contributed by atoms with Crippen LogP contribution >= 0.6 is 0 Å². The van der Waals surface area contributed by atoms with E-state index in [-0.39, 0.29) is 12.1 Å². The van der Waals surface area contributed by atoms with Crippen molar-refractivity contribution in [3.05, 3.63) is 71.0 Å². The molecule has 2 aromatic rings. The first-order valence-electron chi connectivity index (χ1n) is 10.8. The lowest BCUT2D eigenvalue weighted by Gasteiger charge is -2.27. The molecule has 0 radical (unpaired) electrons. The molecule has 1 atom stereocenters. The second kappa shape index (κ2) is 11.4. The molecule has 0 fully saturated rings. The van der Waals surface area contributed by atoms with Gasteiger partial charge in [-0.25, -0.2) is 0 Å². The quantitative estimate of drug-likeness (QED) is 0.398. The number of ketones is 1. The minimum atomic E-state index is -0.842. The Hall–Kier alpha value is -3.78. The summed E-state index contributed by atoms with van der Waals surface area (Å²) in [6.07, 6.45) is 3.53. The molecule has 8 heteroatoms. The van der Waals surface area contributed by atoms with Crippen molar-refractivity contribution in [1.82, 2.24) is 4.90 Å². The normalized spacial score (nSPS) is 15.8. The molecule has 2 aromatic carbocycles. The summed E-state index contributed by atoms with van der Waals surface area (Å²) in [4.78, 5) is 27.7. The Morgan fingerprint density at radius 1 is 1.03 bits per heavy atom. The Balaban J connectivity index is 2.08. The Morgan fingerprint density at radius 3 is 2.24 bits per heavy atom. The Morgan fingerprint density at radius 2 is 1.68 bits per heavy atom. The maximum Gasteiger partial charge on any atom is 0.290 e. The van der Waals surface area contributed by atoms with Crippen LogP contribution in [0.3, 0.4) is 0 Å². The average Bonchev–Trinajstić information content (AvgIpc) is 3.12. The highest BCUT2D eigenvalue weighted by molar-refractivity contribution is 6.14. The number of amides is 1. The van der Waals surface area contributed by atoms with E-state index in [2.05, 4.69) is 0 Å². The third-order valence-corrected chi connectivity index (χ3v) is 5.55. The van der Waals surface area contributed by atoms with Gasteiger partial charge in [-0.2, -0.15) is 0 Å². The van der Waals surface area contributed by atoms with Crippen LogP contribution < -0.4 is 14.2 Å². The van der Waals surface area contributed by atoms with Gasteiger partial charge in [0.25, 0.3) is 5.91 Å². The summed E-state index contributed by atoms with van der Waals surface area (Å²) >= 11 is 0. The summed E-state index contributed by atoms with van der Waals surface area (Å²) in [5, 5.41) is 10.8. The standard InChI is InChI=1S/C26H29NO7/c1-31-14-8-13-27-23(18-15-20(32-2)25(34-4)21(16-18)33-3)22(24(29)26(27)30)19(28)12-11-17-9-6-5-7-10-17/h5-7,9-12,15-16,23,29H,8,13-14H2,1-4H3. The van der Waals surface area contributed by atoms with E-state index in [4.69, 9.17) is 18.9 Å². The molecule has 34 heavy (non-hydrogen) atoms.